The summed E-state index contributed by atoms with van der Waals surface area (Å²) >= 11 is 0. The number of alkyl halides is 3. The summed E-state index contributed by atoms with van der Waals surface area (Å²) in [5.74, 6) is -2.77. The lowest BCUT2D eigenvalue weighted by atomic mass is 10.1. The molecule has 148 valence electrons. The van der Waals surface area contributed by atoms with Crippen molar-refractivity contribution in [1.82, 2.24) is 14.8 Å². The molecule has 0 saturated carbocycles. The van der Waals surface area contributed by atoms with Crippen LogP contribution in [-0.4, -0.2) is 80.7 Å². The van der Waals surface area contributed by atoms with Gasteiger partial charge in [-0.05, 0) is 18.6 Å². The van der Waals surface area contributed by atoms with E-state index in [0.29, 0.717) is 25.1 Å². The molecule has 2 aliphatic heterocycles. The molecule has 2 atom stereocenters. The highest BCUT2D eigenvalue weighted by Gasteiger charge is 2.48. The molecule has 2 N–H and O–H groups in total. The maximum Gasteiger partial charge on any atom is 0.490 e. The van der Waals surface area contributed by atoms with E-state index >= 15 is 0 Å². The third-order valence-electron chi connectivity index (χ3n) is 4.39. The van der Waals surface area contributed by atoms with Crippen molar-refractivity contribution in [3.63, 3.8) is 0 Å². The summed E-state index contributed by atoms with van der Waals surface area (Å²) < 4.78 is 31.7. The van der Waals surface area contributed by atoms with Crippen LogP contribution < -0.4 is 0 Å². The normalized spacial score (nSPS) is 21.6. The number of hydrogen-bond donors (Lipinski definition) is 2. The highest BCUT2D eigenvalue weighted by atomic mass is 19.4. The van der Waals surface area contributed by atoms with Crippen LogP contribution in [-0.2, 0) is 9.59 Å². The minimum Gasteiger partial charge on any atom is -0.475 e. The number of carbonyl (C=O) groups excluding carboxylic acids is 2. The third kappa shape index (κ3) is 4.73. The van der Waals surface area contributed by atoms with Gasteiger partial charge in [0.1, 0.15) is 0 Å². The second-order valence-corrected chi connectivity index (χ2v) is 5.98. The molecule has 0 spiro atoms. The zero-order chi connectivity index (χ0) is 20.2. The Labute approximate surface area is 152 Å². The number of nitrogens with zero attached hydrogens (tertiary/aromatic N) is 3. The first-order valence-corrected chi connectivity index (χ1v) is 8.08. The number of pyridine rings is 1. The molecule has 0 aliphatic carbocycles. The van der Waals surface area contributed by atoms with Crippen LogP contribution in [0.5, 0.6) is 0 Å². The minimum absolute atomic E-state index is 0.0290. The van der Waals surface area contributed by atoms with Gasteiger partial charge in [-0.1, -0.05) is 0 Å². The van der Waals surface area contributed by atoms with Crippen LogP contribution in [0, 0.1) is 0 Å². The van der Waals surface area contributed by atoms with Gasteiger partial charge >= 0.3 is 12.1 Å². The van der Waals surface area contributed by atoms with E-state index in [9.17, 15) is 22.8 Å². The van der Waals surface area contributed by atoms with Crippen molar-refractivity contribution in [2.24, 2.45) is 0 Å². The number of aliphatic carboxylic acids is 1. The summed E-state index contributed by atoms with van der Waals surface area (Å²) in [5, 5.41) is 16.2. The van der Waals surface area contributed by atoms with E-state index in [2.05, 4.69) is 4.98 Å². The van der Waals surface area contributed by atoms with E-state index in [-0.39, 0.29) is 30.5 Å². The lowest BCUT2D eigenvalue weighted by Gasteiger charge is -2.25. The lowest BCUT2D eigenvalue weighted by Crippen LogP contribution is -2.40. The van der Waals surface area contributed by atoms with E-state index in [0.717, 1.165) is 6.42 Å². The molecule has 27 heavy (non-hydrogen) atoms. The van der Waals surface area contributed by atoms with E-state index in [1.807, 2.05) is 0 Å². The van der Waals surface area contributed by atoms with Crippen molar-refractivity contribution in [3.8, 4) is 0 Å². The molecule has 2 aliphatic rings. The van der Waals surface area contributed by atoms with Crippen LogP contribution >= 0.6 is 0 Å². The van der Waals surface area contributed by atoms with Crippen LogP contribution in [0.25, 0.3) is 0 Å². The van der Waals surface area contributed by atoms with E-state index in [4.69, 9.17) is 15.0 Å². The Morgan fingerprint density at radius 3 is 2.33 bits per heavy atom. The van der Waals surface area contributed by atoms with Crippen LogP contribution in [0.1, 0.15) is 23.2 Å². The molecule has 8 nitrogen and oxygen atoms in total. The van der Waals surface area contributed by atoms with Crippen LogP contribution in [0.4, 0.5) is 13.2 Å². The summed E-state index contributed by atoms with van der Waals surface area (Å²) in [5.41, 5.74) is 0.605. The van der Waals surface area contributed by atoms with Gasteiger partial charge in [0.2, 0.25) is 5.91 Å². The molecule has 11 heteroatoms. The number of aliphatic hydroxyl groups excluding tert-OH is 1. The number of likely N-dealkylation sites (tertiary alicyclic amines) is 2. The van der Waals surface area contributed by atoms with Gasteiger partial charge in [0.25, 0.3) is 5.91 Å². The Balaban J connectivity index is 0.000000321. The van der Waals surface area contributed by atoms with Gasteiger partial charge in [0, 0.05) is 37.5 Å². The first kappa shape index (κ1) is 20.6. The average Bonchev–Trinajstić information content (AvgIpc) is 3.15. The topological polar surface area (TPSA) is 111 Å². The number of carboxylic acid groups (broad SMARTS) is 1. The number of β-amino-alcohol motifs (C(OH)–C–C–N with tert-alkyl or cyclic N) is 1. The first-order chi connectivity index (χ1) is 12.7. The number of carboxylic acids is 1. The molecule has 0 radical (unpaired) electrons. The molecule has 3 rings (SSSR count). The standard InChI is InChI=1S/C14H17N3O3.C2HF3O2/c18-8-7-16-11-3-6-17(12(11)9-13(16)19)14(20)10-1-4-15-5-2-10;3-2(4,5)1(6)7/h1-2,4-5,11-12,18H,3,6-9H2;(H,6,7). The van der Waals surface area contributed by atoms with Crippen LogP contribution in [0.3, 0.4) is 0 Å². The molecular formula is C16H18F3N3O5. The van der Waals surface area contributed by atoms with E-state index in [1.54, 1.807) is 34.3 Å². The van der Waals surface area contributed by atoms with Crippen molar-refractivity contribution in [2.45, 2.75) is 31.1 Å². The number of amides is 2. The largest absolute Gasteiger partial charge is 0.490 e. The van der Waals surface area contributed by atoms with Gasteiger partial charge in [0.05, 0.1) is 18.7 Å². The summed E-state index contributed by atoms with van der Waals surface area (Å²) in [4.78, 5) is 40.7. The van der Waals surface area contributed by atoms with Crippen molar-refractivity contribution in [1.29, 1.82) is 0 Å². The van der Waals surface area contributed by atoms with E-state index < -0.39 is 12.1 Å². The van der Waals surface area contributed by atoms with Crippen LogP contribution in [0.2, 0.25) is 0 Å². The van der Waals surface area contributed by atoms with Crippen LogP contribution in [0.15, 0.2) is 24.5 Å². The Morgan fingerprint density at radius 2 is 1.81 bits per heavy atom. The monoisotopic (exact) mass is 389 g/mol. The molecular weight excluding hydrogens is 371 g/mol. The fraction of sp³-hybridized carbons (Fsp3) is 0.500. The van der Waals surface area contributed by atoms with Crippen molar-refractivity contribution in [2.75, 3.05) is 19.7 Å². The van der Waals surface area contributed by atoms with Gasteiger partial charge in [-0.2, -0.15) is 13.2 Å². The summed E-state index contributed by atoms with van der Waals surface area (Å²) in [6.07, 6.45) is -0.744. The number of fused-ring (bicyclic) bond motifs is 1. The van der Waals surface area contributed by atoms with Gasteiger partial charge in [0.15, 0.2) is 0 Å². The molecule has 1 aromatic heterocycles. The fourth-order valence-electron chi connectivity index (χ4n) is 3.24. The van der Waals surface area contributed by atoms with Gasteiger partial charge < -0.3 is 20.0 Å². The van der Waals surface area contributed by atoms with Gasteiger partial charge in [-0.3, -0.25) is 14.6 Å². The molecule has 1 aromatic rings. The highest BCUT2D eigenvalue weighted by molar-refractivity contribution is 5.95. The maximum absolute atomic E-state index is 12.5. The quantitative estimate of drug-likeness (QED) is 0.780. The fourth-order valence-corrected chi connectivity index (χ4v) is 3.24. The minimum atomic E-state index is -5.08. The summed E-state index contributed by atoms with van der Waals surface area (Å²) in [6, 6.07) is 3.38. The Bertz CT molecular complexity index is 698. The summed E-state index contributed by atoms with van der Waals surface area (Å²) in [6.45, 7) is 0.982. The van der Waals surface area contributed by atoms with E-state index in [1.165, 1.54) is 0 Å². The second-order valence-electron chi connectivity index (χ2n) is 5.98. The number of halogens is 3. The highest BCUT2D eigenvalue weighted by Crippen LogP contribution is 2.33. The summed E-state index contributed by atoms with van der Waals surface area (Å²) in [7, 11) is 0. The van der Waals surface area contributed by atoms with Gasteiger partial charge in [-0.25, -0.2) is 4.79 Å². The number of hydrogen-bond acceptors (Lipinski definition) is 5. The zero-order valence-electron chi connectivity index (χ0n) is 14.1. The van der Waals surface area contributed by atoms with Crippen molar-refractivity contribution in [3.05, 3.63) is 30.1 Å². The Hall–Kier alpha value is -2.69. The predicted octanol–water partition coefficient (Wildman–Crippen LogP) is 0.523. The average molecular weight is 389 g/mol. The Kier molecular flexibility index (Phi) is 6.37. The number of aromatic nitrogens is 1. The molecule has 2 unspecified atom stereocenters. The third-order valence-corrected chi connectivity index (χ3v) is 4.39. The molecule has 2 saturated heterocycles. The number of aliphatic hydroxyl groups is 1. The molecule has 2 amide bonds. The van der Waals surface area contributed by atoms with Crippen molar-refractivity contribution < 1.29 is 37.8 Å². The Morgan fingerprint density at radius 1 is 1.22 bits per heavy atom. The van der Waals surface area contributed by atoms with Gasteiger partial charge in [-0.15, -0.1) is 0 Å². The maximum atomic E-state index is 12.5. The zero-order valence-corrected chi connectivity index (χ0v) is 14.1. The van der Waals surface area contributed by atoms with Crippen molar-refractivity contribution >= 4 is 17.8 Å². The molecule has 2 fully saturated rings. The first-order valence-electron chi connectivity index (χ1n) is 8.08. The molecule has 0 bridgehead atoms. The molecule has 3 heterocycles. The SMILES string of the molecule is O=C(O)C(F)(F)F.O=C1CC2C(CCN2C(=O)c2ccncc2)N1CCO. The number of carbonyl (C=O) groups is 3. The second kappa shape index (κ2) is 8.33. The number of rotatable bonds is 3. The lowest BCUT2D eigenvalue weighted by molar-refractivity contribution is -0.192. The predicted molar refractivity (Wildman–Crippen MR) is 84.6 cm³/mol. The molecule has 0 aromatic carbocycles. The smallest absolute Gasteiger partial charge is 0.475 e.